The normalized spacial score (nSPS) is 17.5. The molecule has 0 amide bonds. The molecule has 0 aliphatic carbocycles. The van der Waals surface area contributed by atoms with Crippen LogP contribution in [-0.2, 0) is 24.2 Å². The molecule has 1 aromatic carbocycles. The van der Waals surface area contributed by atoms with Crippen molar-refractivity contribution in [3.8, 4) is 0 Å². The quantitative estimate of drug-likeness (QED) is 0.527. The molecule has 3 rings (SSSR count). The molecule has 1 aromatic heterocycles. The van der Waals surface area contributed by atoms with E-state index in [0.717, 1.165) is 35.0 Å². The van der Waals surface area contributed by atoms with Crippen LogP contribution < -0.4 is 0 Å². The topological polar surface area (TPSA) is 91.0 Å². The molecule has 2 aromatic rings. The predicted octanol–water partition coefficient (Wildman–Crippen LogP) is 2.89. The maximum absolute atomic E-state index is 11.1. The predicted molar refractivity (Wildman–Crippen MR) is 74.5 cm³/mol. The third-order valence-electron chi connectivity index (χ3n) is 3.84. The summed E-state index contributed by atoms with van der Waals surface area (Å²) < 4.78 is 2.11. The van der Waals surface area contributed by atoms with Gasteiger partial charge in [-0.05, 0) is 30.0 Å². The number of carboxylic acid groups (broad SMARTS) is 1. The molecule has 1 atom stereocenters. The van der Waals surface area contributed by atoms with Gasteiger partial charge < -0.3 is 9.67 Å². The highest BCUT2D eigenvalue weighted by Crippen LogP contribution is 2.31. The molecule has 1 aliphatic heterocycles. The van der Waals surface area contributed by atoms with Gasteiger partial charge in [0.1, 0.15) is 0 Å². The first-order chi connectivity index (χ1) is 9.70. The monoisotopic (exact) mass is 270 g/mol. The van der Waals surface area contributed by atoms with Gasteiger partial charge in [-0.15, -0.1) is 0 Å². The zero-order valence-electron chi connectivity index (χ0n) is 10.9. The van der Waals surface area contributed by atoms with Gasteiger partial charge in [-0.25, -0.2) is 0 Å². The van der Waals surface area contributed by atoms with Crippen molar-refractivity contribution in [1.82, 2.24) is 4.57 Å². The number of nitrogens with zero attached hydrogens (tertiary/aromatic N) is 4. The highest BCUT2D eigenvalue weighted by molar-refractivity contribution is 5.89. The Labute approximate surface area is 115 Å². The Morgan fingerprint density at radius 3 is 3.05 bits per heavy atom. The van der Waals surface area contributed by atoms with E-state index in [1.165, 1.54) is 0 Å². The van der Waals surface area contributed by atoms with Crippen molar-refractivity contribution in [2.24, 2.45) is 5.11 Å². The van der Waals surface area contributed by atoms with Crippen LogP contribution in [0.3, 0.4) is 0 Å². The number of para-hydroxylation sites is 1. The minimum absolute atomic E-state index is 0.0367. The average Bonchev–Trinajstić information content (AvgIpc) is 2.73. The van der Waals surface area contributed by atoms with Crippen LogP contribution >= 0.6 is 0 Å². The Hall–Kier alpha value is -2.46. The number of aromatic nitrogens is 1. The minimum atomic E-state index is -0.818. The largest absolute Gasteiger partial charge is 0.481 e. The number of carboxylic acids is 1. The van der Waals surface area contributed by atoms with E-state index < -0.39 is 5.97 Å². The number of aliphatic carboxylic acids is 1. The number of rotatable bonds is 3. The molecule has 6 heteroatoms. The van der Waals surface area contributed by atoms with Gasteiger partial charge in [0, 0.05) is 28.1 Å². The number of fused-ring (bicyclic) bond motifs is 3. The van der Waals surface area contributed by atoms with Crippen LogP contribution in [0.15, 0.2) is 29.4 Å². The molecular formula is C14H14N4O2. The summed E-state index contributed by atoms with van der Waals surface area (Å²) in [7, 11) is 0. The Kier molecular flexibility index (Phi) is 3.08. The molecule has 0 saturated carbocycles. The van der Waals surface area contributed by atoms with Crippen molar-refractivity contribution in [3.05, 3.63) is 46.0 Å². The molecule has 102 valence electrons. The standard InChI is InChI=1S/C14H14N4O2/c15-17-16-9-5-6-13-11(7-14(19)20)10-3-1-2-4-12(10)18(13)8-9/h1-4,9H,5-8H2,(H,19,20). The van der Waals surface area contributed by atoms with Crippen LogP contribution in [0.25, 0.3) is 21.3 Å². The van der Waals surface area contributed by atoms with Crippen molar-refractivity contribution in [2.45, 2.75) is 31.8 Å². The number of hydrogen-bond acceptors (Lipinski definition) is 2. The fourth-order valence-corrected chi connectivity index (χ4v) is 3.04. The van der Waals surface area contributed by atoms with Gasteiger partial charge in [-0.2, -0.15) is 0 Å². The molecule has 6 nitrogen and oxygen atoms in total. The summed E-state index contributed by atoms with van der Waals surface area (Å²) in [6.07, 6.45) is 1.56. The number of hydrogen-bond donors (Lipinski definition) is 1. The van der Waals surface area contributed by atoms with Gasteiger partial charge in [-0.3, -0.25) is 4.79 Å². The first kappa shape index (κ1) is 12.6. The van der Waals surface area contributed by atoms with E-state index in [2.05, 4.69) is 14.6 Å². The minimum Gasteiger partial charge on any atom is -0.481 e. The van der Waals surface area contributed by atoms with E-state index in [4.69, 9.17) is 10.6 Å². The molecule has 0 spiro atoms. The van der Waals surface area contributed by atoms with E-state index >= 15 is 0 Å². The smallest absolute Gasteiger partial charge is 0.307 e. The molecule has 20 heavy (non-hydrogen) atoms. The molecular weight excluding hydrogens is 256 g/mol. The number of carbonyl (C=O) groups is 1. The molecule has 1 unspecified atom stereocenters. The van der Waals surface area contributed by atoms with Gasteiger partial charge in [0.25, 0.3) is 0 Å². The average molecular weight is 270 g/mol. The van der Waals surface area contributed by atoms with Crippen molar-refractivity contribution >= 4 is 16.9 Å². The Morgan fingerprint density at radius 1 is 1.50 bits per heavy atom. The SMILES string of the molecule is [N-]=[N+]=NC1CCc2c(CC(=O)O)c3ccccc3n2C1. The highest BCUT2D eigenvalue weighted by Gasteiger charge is 2.24. The van der Waals surface area contributed by atoms with Gasteiger partial charge in [0.2, 0.25) is 0 Å². The van der Waals surface area contributed by atoms with Crippen molar-refractivity contribution in [3.63, 3.8) is 0 Å². The van der Waals surface area contributed by atoms with E-state index in [1.807, 2.05) is 24.3 Å². The fraction of sp³-hybridized carbons (Fsp3) is 0.357. The summed E-state index contributed by atoms with van der Waals surface area (Å²) in [6.45, 7) is 0.625. The summed E-state index contributed by atoms with van der Waals surface area (Å²) in [5.41, 5.74) is 11.6. The second kappa shape index (κ2) is 4.90. The summed E-state index contributed by atoms with van der Waals surface area (Å²) in [5.74, 6) is -0.818. The van der Waals surface area contributed by atoms with Crippen LogP contribution in [0.2, 0.25) is 0 Å². The van der Waals surface area contributed by atoms with E-state index in [9.17, 15) is 4.79 Å². The first-order valence-electron chi connectivity index (χ1n) is 6.55. The Bertz CT molecular complexity index is 728. The molecule has 1 aliphatic rings. The van der Waals surface area contributed by atoms with Crippen LogP contribution in [0.5, 0.6) is 0 Å². The lowest BCUT2D eigenvalue weighted by Gasteiger charge is -2.22. The summed E-state index contributed by atoms with van der Waals surface area (Å²) >= 11 is 0. The summed E-state index contributed by atoms with van der Waals surface area (Å²) in [5, 5.41) is 13.9. The van der Waals surface area contributed by atoms with Crippen LogP contribution in [0.4, 0.5) is 0 Å². The van der Waals surface area contributed by atoms with E-state index in [0.29, 0.717) is 6.54 Å². The van der Waals surface area contributed by atoms with E-state index in [1.54, 1.807) is 0 Å². The second-order valence-electron chi connectivity index (χ2n) is 5.02. The third kappa shape index (κ3) is 2.00. The highest BCUT2D eigenvalue weighted by atomic mass is 16.4. The van der Waals surface area contributed by atoms with Crippen molar-refractivity contribution in [2.75, 3.05) is 0 Å². The third-order valence-corrected chi connectivity index (χ3v) is 3.84. The van der Waals surface area contributed by atoms with E-state index in [-0.39, 0.29) is 12.5 Å². The lowest BCUT2D eigenvalue weighted by Crippen LogP contribution is -2.23. The van der Waals surface area contributed by atoms with Crippen molar-refractivity contribution < 1.29 is 9.90 Å². The maximum Gasteiger partial charge on any atom is 0.307 e. The zero-order chi connectivity index (χ0) is 14.1. The van der Waals surface area contributed by atoms with Gasteiger partial charge in [-0.1, -0.05) is 23.3 Å². The van der Waals surface area contributed by atoms with Gasteiger partial charge >= 0.3 is 5.97 Å². The second-order valence-corrected chi connectivity index (χ2v) is 5.02. The summed E-state index contributed by atoms with van der Waals surface area (Å²) in [6, 6.07) is 7.76. The number of azide groups is 1. The molecule has 0 fully saturated rings. The lowest BCUT2D eigenvalue weighted by atomic mass is 10.0. The zero-order valence-corrected chi connectivity index (χ0v) is 10.9. The van der Waals surface area contributed by atoms with Gasteiger partial charge in [0.05, 0.1) is 12.5 Å². The first-order valence-corrected chi connectivity index (χ1v) is 6.55. The molecule has 0 radical (unpaired) electrons. The fourth-order valence-electron chi connectivity index (χ4n) is 3.04. The van der Waals surface area contributed by atoms with Gasteiger partial charge in [0.15, 0.2) is 0 Å². The molecule has 0 saturated heterocycles. The van der Waals surface area contributed by atoms with Crippen LogP contribution in [-0.4, -0.2) is 21.7 Å². The van der Waals surface area contributed by atoms with Crippen LogP contribution in [0, 0.1) is 0 Å². The summed E-state index contributed by atoms with van der Waals surface area (Å²) in [4.78, 5) is 14.0. The Morgan fingerprint density at radius 2 is 2.30 bits per heavy atom. The molecule has 1 N–H and O–H groups in total. The molecule has 0 bridgehead atoms. The van der Waals surface area contributed by atoms with Crippen molar-refractivity contribution in [1.29, 1.82) is 0 Å². The molecule has 2 heterocycles. The Balaban J connectivity index is 2.16. The van der Waals surface area contributed by atoms with Crippen LogP contribution in [0.1, 0.15) is 17.7 Å². The maximum atomic E-state index is 11.1. The number of benzene rings is 1. The lowest BCUT2D eigenvalue weighted by molar-refractivity contribution is -0.136.